The van der Waals surface area contributed by atoms with Crippen LogP contribution < -0.4 is 0 Å². The lowest BCUT2D eigenvalue weighted by molar-refractivity contribution is 0.0763. The van der Waals surface area contributed by atoms with E-state index in [9.17, 15) is 4.79 Å². The number of halogens is 1. The third-order valence-corrected chi connectivity index (χ3v) is 4.44. The van der Waals surface area contributed by atoms with Crippen molar-refractivity contribution in [1.29, 1.82) is 0 Å². The van der Waals surface area contributed by atoms with Crippen LogP contribution in [0.1, 0.15) is 49.3 Å². The molecule has 104 valence electrons. The highest BCUT2D eigenvalue weighted by molar-refractivity contribution is 6.28. The van der Waals surface area contributed by atoms with Crippen LogP contribution in [0.3, 0.4) is 0 Å². The molecule has 0 aromatic carbocycles. The minimum atomic E-state index is -0.0313. The molecule has 0 aliphatic carbocycles. The summed E-state index contributed by atoms with van der Waals surface area (Å²) in [6.07, 6.45) is 3.29. The molecule has 2 heterocycles. The highest BCUT2D eigenvalue weighted by Gasteiger charge is 2.37. The molecule has 1 aromatic rings. The molecule has 0 N–H and O–H groups in total. The van der Waals surface area contributed by atoms with E-state index in [0.29, 0.717) is 5.69 Å². The Balaban J connectivity index is 2.17. The van der Waals surface area contributed by atoms with Gasteiger partial charge in [-0.2, -0.15) is 0 Å². The lowest BCUT2D eigenvalue weighted by Gasteiger charge is -2.26. The number of hydrogen-bond acceptors (Lipinski definition) is 3. The second-order valence-corrected chi connectivity index (χ2v) is 5.69. The second kappa shape index (κ2) is 5.45. The molecule has 1 fully saturated rings. The Hall–Kier alpha value is -1.16. The Morgan fingerprint density at radius 3 is 2.63 bits per heavy atom. The summed E-state index contributed by atoms with van der Waals surface area (Å²) in [7, 11) is 0. The number of nitrogens with zero attached hydrogens (tertiary/aromatic N) is 3. The quantitative estimate of drug-likeness (QED) is 0.800. The van der Waals surface area contributed by atoms with Gasteiger partial charge in [-0.1, -0.05) is 13.8 Å². The fourth-order valence-corrected chi connectivity index (χ4v) is 2.96. The number of amides is 1. The maximum absolute atomic E-state index is 12.4. The van der Waals surface area contributed by atoms with E-state index in [1.807, 2.05) is 11.8 Å². The summed E-state index contributed by atoms with van der Waals surface area (Å²) in [5.74, 6) is -0.0313. The Morgan fingerprint density at radius 1 is 1.42 bits per heavy atom. The largest absolute Gasteiger partial charge is 0.337 e. The standard InChI is InChI=1S/C14H20ClN3O/c1-4-14(5-2)6-7-18(9-14)12(19)11-8-10(3)16-13(15)17-11/h8H,4-7,9H2,1-3H3. The highest BCUT2D eigenvalue weighted by atomic mass is 35.5. The smallest absolute Gasteiger partial charge is 0.272 e. The number of hydrogen-bond donors (Lipinski definition) is 0. The molecule has 0 bridgehead atoms. The Morgan fingerprint density at radius 2 is 2.11 bits per heavy atom. The Bertz CT molecular complexity index is 465. The average Bonchev–Trinajstić information content (AvgIpc) is 2.82. The minimum Gasteiger partial charge on any atom is -0.337 e. The van der Waals surface area contributed by atoms with E-state index in [1.165, 1.54) is 0 Å². The van der Waals surface area contributed by atoms with Crippen LogP contribution in [0.4, 0.5) is 0 Å². The van der Waals surface area contributed by atoms with Crippen molar-refractivity contribution in [1.82, 2.24) is 14.9 Å². The highest BCUT2D eigenvalue weighted by Crippen LogP contribution is 2.37. The van der Waals surface area contributed by atoms with Gasteiger partial charge in [0.15, 0.2) is 0 Å². The third kappa shape index (κ3) is 2.89. The summed E-state index contributed by atoms with van der Waals surface area (Å²) < 4.78 is 0. The van der Waals surface area contributed by atoms with Gasteiger partial charge in [0.1, 0.15) is 5.69 Å². The number of carbonyl (C=O) groups is 1. The van der Waals surface area contributed by atoms with E-state index < -0.39 is 0 Å². The van der Waals surface area contributed by atoms with Crippen LogP contribution in [0.2, 0.25) is 5.28 Å². The minimum absolute atomic E-state index is 0.0313. The van der Waals surface area contributed by atoms with E-state index in [1.54, 1.807) is 6.07 Å². The van der Waals surface area contributed by atoms with Gasteiger partial charge in [0.05, 0.1) is 0 Å². The number of aromatic nitrogens is 2. The molecule has 0 saturated carbocycles. The first-order valence-corrected chi connectivity index (χ1v) is 7.18. The second-order valence-electron chi connectivity index (χ2n) is 5.35. The normalized spacial score (nSPS) is 17.8. The molecule has 1 aromatic heterocycles. The van der Waals surface area contributed by atoms with E-state index in [0.717, 1.165) is 38.0 Å². The van der Waals surface area contributed by atoms with Crippen LogP contribution in [0.15, 0.2) is 6.07 Å². The van der Waals surface area contributed by atoms with Gasteiger partial charge in [-0.25, -0.2) is 9.97 Å². The summed E-state index contributed by atoms with van der Waals surface area (Å²) >= 11 is 5.82. The van der Waals surface area contributed by atoms with Crippen molar-refractivity contribution in [2.24, 2.45) is 5.41 Å². The maximum atomic E-state index is 12.4. The Labute approximate surface area is 119 Å². The fourth-order valence-electron chi connectivity index (χ4n) is 2.74. The number of likely N-dealkylation sites (tertiary alicyclic amines) is 1. The predicted octanol–water partition coefficient (Wildman–Crippen LogP) is 3.09. The summed E-state index contributed by atoms with van der Waals surface area (Å²) in [4.78, 5) is 22.4. The lowest BCUT2D eigenvalue weighted by atomic mass is 9.82. The van der Waals surface area contributed by atoms with Gasteiger partial charge in [0.2, 0.25) is 5.28 Å². The van der Waals surface area contributed by atoms with Crippen molar-refractivity contribution in [3.8, 4) is 0 Å². The molecule has 0 unspecified atom stereocenters. The number of carbonyl (C=O) groups excluding carboxylic acids is 1. The van der Waals surface area contributed by atoms with Crippen LogP contribution in [0.25, 0.3) is 0 Å². The summed E-state index contributed by atoms with van der Waals surface area (Å²) in [5, 5.41) is 0.139. The maximum Gasteiger partial charge on any atom is 0.272 e. The van der Waals surface area contributed by atoms with Gasteiger partial charge < -0.3 is 4.90 Å². The molecule has 4 nitrogen and oxygen atoms in total. The third-order valence-electron chi connectivity index (χ3n) is 4.27. The monoisotopic (exact) mass is 281 g/mol. The van der Waals surface area contributed by atoms with E-state index in [4.69, 9.17) is 11.6 Å². The van der Waals surface area contributed by atoms with E-state index in [2.05, 4.69) is 23.8 Å². The van der Waals surface area contributed by atoms with Gasteiger partial charge in [0.25, 0.3) is 5.91 Å². The first kappa shape index (κ1) is 14.3. The van der Waals surface area contributed by atoms with Crippen molar-refractivity contribution in [2.75, 3.05) is 13.1 Å². The molecule has 0 radical (unpaired) electrons. The van der Waals surface area contributed by atoms with Gasteiger partial charge in [0, 0.05) is 18.8 Å². The molecule has 1 amide bonds. The SMILES string of the molecule is CCC1(CC)CCN(C(=O)c2cc(C)nc(Cl)n2)C1. The topological polar surface area (TPSA) is 46.1 Å². The first-order valence-electron chi connectivity index (χ1n) is 6.80. The molecule has 1 aliphatic heterocycles. The number of rotatable bonds is 3. The van der Waals surface area contributed by atoms with Gasteiger partial charge in [-0.3, -0.25) is 4.79 Å². The first-order chi connectivity index (χ1) is 8.99. The predicted molar refractivity (Wildman–Crippen MR) is 75.3 cm³/mol. The molecule has 1 saturated heterocycles. The Kier molecular flexibility index (Phi) is 4.09. The molecule has 5 heteroatoms. The molecule has 0 spiro atoms. The van der Waals surface area contributed by atoms with Gasteiger partial charge in [-0.05, 0) is 49.3 Å². The van der Waals surface area contributed by atoms with Crippen molar-refractivity contribution in [3.05, 3.63) is 22.7 Å². The molecule has 1 aliphatic rings. The molecular formula is C14H20ClN3O. The van der Waals surface area contributed by atoms with Crippen LogP contribution >= 0.6 is 11.6 Å². The molecular weight excluding hydrogens is 262 g/mol. The van der Waals surface area contributed by atoms with Crippen LogP contribution in [0, 0.1) is 12.3 Å². The van der Waals surface area contributed by atoms with Crippen molar-refractivity contribution < 1.29 is 4.79 Å². The zero-order valence-corrected chi connectivity index (χ0v) is 12.5. The summed E-state index contributed by atoms with van der Waals surface area (Å²) in [5.41, 5.74) is 1.40. The molecule has 19 heavy (non-hydrogen) atoms. The van der Waals surface area contributed by atoms with Crippen molar-refractivity contribution in [2.45, 2.75) is 40.0 Å². The zero-order valence-electron chi connectivity index (χ0n) is 11.7. The van der Waals surface area contributed by atoms with Crippen LogP contribution in [-0.4, -0.2) is 33.9 Å². The van der Waals surface area contributed by atoms with E-state index >= 15 is 0 Å². The lowest BCUT2D eigenvalue weighted by Crippen LogP contribution is -2.32. The summed E-state index contributed by atoms with van der Waals surface area (Å²) in [6.45, 7) is 7.84. The van der Waals surface area contributed by atoms with Crippen molar-refractivity contribution in [3.63, 3.8) is 0 Å². The van der Waals surface area contributed by atoms with Crippen LogP contribution in [0.5, 0.6) is 0 Å². The van der Waals surface area contributed by atoms with Gasteiger partial charge >= 0.3 is 0 Å². The fraction of sp³-hybridized carbons (Fsp3) is 0.643. The average molecular weight is 282 g/mol. The number of aryl methyl sites for hydroxylation is 1. The van der Waals surface area contributed by atoms with Gasteiger partial charge in [-0.15, -0.1) is 0 Å². The zero-order chi connectivity index (χ0) is 14.0. The molecule has 0 atom stereocenters. The summed E-state index contributed by atoms with van der Waals surface area (Å²) in [6, 6.07) is 1.70. The van der Waals surface area contributed by atoms with Crippen molar-refractivity contribution >= 4 is 17.5 Å². The molecule has 2 rings (SSSR count). The van der Waals surface area contributed by atoms with E-state index in [-0.39, 0.29) is 16.6 Å². The van der Waals surface area contributed by atoms with Crippen LogP contribution in [-0.2, 0) is 0 Å².